The summed E-state index contributed by atoms with van der Waals surface area (Å²) < 4.78 is 6.42. The number of nitrogens with zero attached hydrogens (tertiary/aromatic N) is 3. The Bertz CT molecular complexity index is 1080. The van der Waals surface area contributed by atoms with E-state index in [1.165, 1.54) is 11.6 Å². The average molecular weight is 392 g/mol. The Morgan fingerprint density at radius 3 is 2.59 bits per heavy atom. The first-order chi connectivity index (χ1) is 13.9. The van der Waals surface area contributed by atoms with Crippen molar-refractivity contribution in [3.05, 3.63) is 59.6 Å². The van der Waals surface area contributed by atoms with Crippen molar-refractivity contribution in [1.82, 2.24) is 20.1 Å². The molecular formula is C22H24N4O3. The molecule has 0 saturated heterocycles. The molecule has 0 atom stereocenters. The van der Waals surface area contributed by atoms with Gasteiger partial charge in [0.2, 0.25) is 5.91 Å². The van der Waals surface area contributed by atoms with Gasteiger partial charge in [0.15, 0.2) is 5.65 Å². The number of pyridine rings is 1. The monoisotopic (exact) mass is 392 g/mol. The summed E-state index contributed by atoms with van der Waals surface area (Å²) in [6.45, 7) is 7.58. The van der Waals surface area contributed by atoms with Crippen LogP contribution in [0.15, 0.2) is 48.3 Å². The summed E-state index contributed by atoms with van der Waals surface area (Å²) in [5.41, 5.74) is 5.14. The molecule has 0 bridgehead atoms. The molecule has 2 aromatic heterocycles. The number of carbonyl (C=O) groups is 2. The molecule has 2 heterocycles. The molecule has 7 heteroatoms. The van der Waals surface area contributed by atoms with Crippen LogP contribution in [0.1, 0.15) is 25.1 Å². The van der Waals surface area contributed by atoms with Crippen LogP contribution in [0.25, 0.3) is 22.2 Å². The highest BCUT2D eigenvalue weighted by atomic mass is 16.5. The highest BCUT2D eigenvalue weighted by Gasteiger charge is 2.16. The van der Waals surface area contributed by atoms with Crippen LogP contribution in [-0.2, 0) is 20.9 Å². The van der Waals surface area contributed by atoms with E-state index in [1.54, 1.807) is 24.7 Å². The largest absolute Gasteiger partial charge is 0.463 e. The van der Waals surface area contributed by atoms with Crippen LogP contribution in [0.3, 0.4) is 0 Å². The molecule has 0 aliphatic rings. The van der Waals surface area contributed by atoms with E-state index in [2.05, 4.69) is 39.7 Å². The first kappa shape index (κ1) is 20.3. The summed E-state index contributed by atoms with van der Waals surface area (Å²) in [5, 5.41) is 8.11. The minimum absolute atomic E-state index is 0.0112. The number of amides is 1. The van der Waals surface area contributed by atoms with Gasteiger partial charge in [-0.1, -0.05) is 29.8 Å². The lowest BCUT2D eigenvalue weighted by Crippen LogP contribution is -2.27. The third-order valence-electron chi connectivity index (χ3n) is 4.42. The third kappa shape index (κ3) is 4.68. The van der Waals surface area contributed by atoms with Crippen molar-refractivity contribution in [3.8, 4) is 11.1 Å². The van der Waals surface area contributed by atoms with E-state index in [1.807, 2.05) is 19.9 Å². The molecule has 150 valence electrons. The number of hydrogen-bond donors (Lipinski definition) is 1. The number of carbonyl (C=O) groups excluding carboxylic acids is 2. The van der Waals surface area contributed by atoms with Crippen molar-refractivity contribution in [3.63, 3.8) is 0 Å². The molecule has 29 heavy (non-hydrogen) atoms. The van der Waals surface area contributed by atoms with Crippen LogP contribution in [0.5, 0.6) is 0 Å². The van der Waals surface area contributed by atoms with Crippen LogP contribution < -0.4 is 5.32 Å². The van der Waals surface area contributed by atoms with Gasteiger partial charge in [0, 0.05) is 23.4 Å². The van der Waals surface area contributed by atoms with E-state index in [4.69, 9.17) is 4.74 Å². The van der Waals surface area contributed by atoms with Crippen LogP contribution in [0, 0.1) is 13.8 Å². The molecule has 0 saturated carbocycles. The topological polar surface area (TPSA) is 86.1 Å². The molecule has 0 aliphatic heterocycles. The maximum absolute atomic E-state index is 12.4. The van der Waals surface area contributed by atoms with Crippen molar-refractivity contribution in [2.24, 2.45) is 0 Å². The van der Waals surface area contributed by atoms with E-state index in [9.17, 15) is 9.59 Å². The second-order valence-corrected chi connectivity index (χ2v) is 6.79. The summed E-state index contributed by atoms with van der Waals surface area (Å²) in [6, 6.07) is 10.2. The lowest BCUT2D eigenvalue weighted by Gasteiger charge is -2.07. The summed E-state index contributed by atoms with van der Waals surface area (Å²) in [5.74, 6) is -0.787. The van der Waals surface area contributed by atoms with Crippen molar-refractivity contribution in [2.75, 3.05) is 6.61 Å². The smallest absolute Gasteiger partial charge is 0.332 e. The van der Waals surface area contributed by atoms with Crippen molar-refractivity contribution in [1.29, 1.82) is 0 Å². The molecule has 0 spiro atoms. The molecule has 0 aliphatic carbocycles. The second-order valence-electron chi connectivity index (χ2n) is 6.79. The van der Waals surface area contributed by atoms with Crippen molar-refractivity contribution < 1.29 is 14.3 Å². The Morgan fingerprint density at radius 1 is 1.17 bits per heavy atom. The maximum Gasteiger partial charge on any atom is 0.332 e. The number of aromatic nitrogens is 3. The molecule has 3 aromatic rings. The lowest BCUT2D eigenvalue weighted by molar-refractivity contribution is -0.137. The van der Waals surface area contributed by atoms with Gasteiger partial charge in [-0.25, -0.2) is 14.5 Å². The first-order valence-electron chi connectivity index (χ1n) is 9.43. The fraction of sp³-hybridized carbons (Fsp3) is 0.273. The third-order valence-corrected chi connectivity index (χ3v) is 4.42. The van der Waals surface area contributed by atoms with Gasteiger partial charge in [0.05, 0.1) is 12.3 Å². The number of aryl methyl sites for hydroxylation is 2. The maximum atomic E-state index is 12.4. The molecule has 3 rings (SSSR count). The highest BCUT2D eigenvalue weighted by Crippen LogP contribution is 2.29. The standard InChI is InChI=1S/C22H24N4O3/c1-5-29-20(28)12-15(3)24-19(27)13-26-22-21(16(4)25-26)18(10-11-23-22)17-8-6-14(2)7-9-17/h6-12H,5,13H2,1-4H3,(H,24,27)/b15-12+. The fourth-order valence-corrected chi connectivity index (χ4v) is 3.16. The predicted molar refractivity (Wildman–Crippen MR) is 111 cm³/mol. The molecule has 1 N–H and O–H groups in total. The molecule has 1 amide bonds. The van der Waals surface area contributed by atoms with Crippen molar-refractivity contribution >= 4 is 22.9 Å². The van der Waals surface area contributed by atoms with E-state index in [0.717, 1.165) is 22.2 Å². The Morgan fingerprint density at radius 2 is 1.90 bits per heavy atom. The van der Waals surface area contributed by atoms with Gasteiger partial charge in [-0.2, -0.15) is 5.10 Å². The van der Waals surface area contributed by atoms with Crippen LogP contribution in [0.4, 0.5) is 0 Å². The number of nitrogens with one attached hydrogen (secondary N) is 1. The van der Waals surface area contributed by atoms with E-state index in [0.29, 0.717) is 11.3 Å². The number of ether oxygens (including phenoxy) is 1. The van der Waals surface area contributed by atoms with Gasteiger partial charge in [-0.3, -0.25) is 4.79 Å². The number of benzene rings is 1. The first-order valence-corrected chi connectivity index (χ1v) is 9.43. The normalized spacial score (nSPS) is 11.5. The molecule has 1 aromatic carbocycles. The van der Waals surface area contributed by atoms with Gasteiger partial charge < -0.3 is 10.1 Å². The Kier molecular flexibility index (Phi) is 6.07. The summed E-state index contributed by atoms with van der Waals surface area (Å²) >= 11 is 0. The minimum Gasteiger partial charge on any atom is -0.463 e. The molecule has 7 nitrogen and oxygen atoms in total. The lowest BCUT2D eigenvalue weighted by atomic mass is 10.0. The number of fused-ring (bicyclic) bond motifs is 1. The summed E-state index contributed by atoms with van der Waals surface area (Å²) in [4.78, 5) is 28.3. The Hall–Kier alpha value is -3.48. The minimum atomic E-state index is -0.491. The van der Waals surface area contributed by atoms with Gasteiger partial charge in [-0.05, 0) is 44.9 Å². The van der Waals surface area contributed by atoms with Crippen LogP contribution in [0.2, 0.25) is 0 Å². The zero-order valence-corrected chi connectivity index (χ0v) is 17.0. The highest BCUT2D eigenvalue weighted by molar-refractivity contribution is 5.95. The SMILES string of the molecule is CCOC(=O)/C=C(\C)NC(=O)Cn1nc(C)c2c(-c3ccc(C)cc3)ccnc21. The van der Waals surface area contributed by atoms with Gasteiger partial charge in [0.25, 0.3) is 0 Å². The Labute approximate surface area is 169 Å². The average Bonchev–Trinajstić information content (AvgIpc) is 2.98. The second kappa shape index (κ2) is 8.68. The number of allylic oxidation sites excluding steroid dienone is 1. The molecule has 0 unspecified atom stereocenters. The van der Waals surface area contributed by atoms with Crippen LogP contribution >= 0.6 is 0 Å². The van der Waals surface area contributed by atoms with E-state index >= 15 is 0 Å². The Balaban J connectivity index is 1.86. The number of esters is 1. The fourth-order valence-electron chi connectivity index (χ4n) is 3.16. The van der Waals surface area contributed by atoms with E-state index in [-0.39, 0.29) is 19.1 Å². The quantitative estimate of drug-likeness (QED) is 0.514. The van der Waals surface area contributed by atoms with Crippen LogP contribution in [-0.4, -0.2) is 33.2 Å². The summed E-state index contributed by atoms with van der Waals surface area (Å²) in [6.07, 6.45) is 2.97. The summed E-state index contributed by atoms with van der Waals surface area (Å²) in [7, 11) is 0. The molecule has 0 fully saturated rings. The number of hydrogen-bond acceptors (Lipinski definition) is 5. The molecular weight excluding hydrogens is 368 g/mol. The zero-order chi connectivity index (χ0) is 21.0. The zero-order valence-electron chi connectivity index (χ0n) is 17.0. The van der Waals surface area contributed by atoms with Gasteiger partial charge in [-0.15, -0.1) is 0 Å². The van der Waals surface area contributed by atoms with E-state index < -0.39 is 5.97 Å². The van der Waals surface area contributed by atoms with Gasteiger partial charge in [0.1, 0.15) is 6.54 Å². The number of rotatable bonds is 6. The molecule has 0 radical (unpaired) electrons. The van der Waals surface area contributed by atoms with Crippen molar-refractivity contribution in [2.45, 2.75) is 34.2 Å². The predicted octanol–water partition coefficient (Wildman–Crippen LogP) is 3.30. The van der Waals surface area contributed by atoms with Gasteiger partial charge >= 0.3 is 5.97 Å².